The molecule has 4 rings (SSSR count). The van der Waals surface area contributed by atoms with E-state index in [9.17, 15) is 19.7 Å². The highest BCUT2D eigenvalue weighted by molar-refractivity contribution is 7.17. The number of para-hydroxylation sites is 2. The van der Waals surface area contributed by atoms with Gasteiger partial charge in [-0.1, -0.05) is 23.7 Å². The van der Waals surface area contributed by atoms with Crippen molar-refractivity contribution in [3.63, 3.8) is 0 Å². The number of nitrogens with one attached hydrogen (secondary N) is 2. The Morgan fingerprint density at radius 1 is 1.12 bits per heavy atom. The minimum absolute atomic E-state index is 0.0366. The number of hydrogen-bond donors (Lipinski definition) is 2. The Labute approximate surface area is 192 Å². The van der Waals surface area contributed by atoms with Crippen LogP contribution in [-0.4, -0.2) is 23.8 Å². The maximum atomic E-state index is 13.2. The second kappa shape index (κ2) is 8.97. The van der Waals surface area contributed by atoms with E-state index in [1.807, 2.05) is 0 Å². The van der Waals surface area contributed by atoms with Crippen LogP contribution in [0.5, 0.6) is 5.75 Å². The van der Waals surface area contributed by atoms with E-state index in [2.05, 4.69) is 10.6 Å². The average Bonchev–Trinajstić information content (AvgIpc) is 3.34. The monoisotopic (exact) mass is 471 g/mol. The van der Waals surface area contributed by atoms with Crippen molar-refractivity contribution in [2.75, 3.05) is 17.7 Å². The van der Waals surface area contributed by atoms with Crippen LogP contribution in [0.4, 0.5) is 16.4 Å². The van der Waals surface area contributed by atoms with Gasteiger partial charge < -0.3 is 15.4 Å². The SMILES string of the molecule is COc1ccccc1NC(=O)c1c(NC(=O)c2cc([N+](=O)[O-])ccc2Cl)sc2c1CCC2. The van der Waals surface area contributed by atoms with Crippen molar-refractivity contribution in [2.24, 2.45) is 0 Å². The van der Waals surface area contributed by atoms with Crippen LogP contribution >= 0.6 is 22.9 Å². The van der Waals surface area contributed by atoms with Crippen molar-refractivity contribution < 1.29 is 19.2 Å². The van der Waals surface area contributed by atoms with Crippen molar-refractivity contribution in [2.45, 2.75) is 19.3 Å². The number of nitrogens with zero attached hydrogens (tertiary/aromatic N) is 1. The van der Waals surface area contributed by atoms with E-state index in [0.717, 1.165) is 35.8 Å². The number of aryl methyl sites for hydroxylation is 1. The van der Waals surface area contributed by atoms with Gasteiger partial charge >= 0.3 is 0 Å². The molecule has 2 N–H and O–H groups in total. The lowest BCUT2D eigenvalue weighted by atomic mass is 10.1. The van der Waals surface area contributed by atoms with Gasteiger partial charge in [-0.15, -0.1) is 11.3 Å². The first-order chi connectivity index (χ1) is 15.4. The molecule has 10 heteroatoms. The van der Waals surface area contributed by atoms with E-state index in [-0.39, 0.29) is 22.2 Å². The summed E-state index contributed by atoms with van der Waals surface area (Å²) in [5, 5.41) is 17.1. The summed E-state index contributed by atoms with van der Waals surface area (Å²) in [6, 6.07) is 10.7. The van der Waals surface area contributed by atoms with Crippen molar-refractivity contribution in [3.05, 3.63) is 79.2 Å². The zero-order valence-corrected chi connectivity index (χ0v) is 18.5. The van der Waals surface area contributed by atoms with Gasteiger partial charge in [-0.25, -0.2) is 0 Å². The maximum absolute atomic E-state index is 13.2. The van der Waals surface area contributed by atoms with Crippen molar-refractivity contribution in [1.29, 1.82) is 0 Å². The first kappa shape index (κ1) is 21.8. The molecular formula is C22H18ClN3O5S. The number of nitro benzene ring substituents is 1. The predicted molar refractivity (Wildman–Crippen MR) is 123 cm³/mol. The fourth-order valence-corrected chi connectivity index (χ4v) is 5.12. The average molecular weight is 472 g/mol. The van der Waals surface area contributed by atoms with Crippen molar-refractivity contribution in [3.8, 4) is 5.75 Å². The third-order valence-corrected chi connectivity index (χ3v) is 6.67. The number of nitro groups is 1. The molecule has 2 aromatic carbocycles. The Bertz CT molecular complexity index is 1240. The summed E-state index contributed by atoms with van der Waals surface area (Å²) >= 11 is 7.44. The zero-order valence-electron chi connectivity index (χ0n) is 16.9. The third-order valence-electron chi connectivity index (χ3n) is 5.14. The van der Waals surface area contributed by atoms with Gasteiger partial charge in [0.05, 0.1) is 33.9 Å². The lowest BCUT2D eigenvalue weighted by Crippen LogP contribution is -2.18. The predicted octanol–water partition coefficient (Wildman–Crippen LogP) is 5.31. The Morgan fingerprint density at radius 2 is 1.91 bits per heavy atom. The molecule has 1 aromatic heterocycles. The summed E-state index contributed by atoms with van der Waals surface area (Å²) in [6.07, 6.45) is 2.48. The second-order valence-corrected chi connectivity index (χ2v) is 8.60. The molecule has 0 saturated heterocycles. The zero-order chi connectivity index (χ0) is 22.8. The normalized spacial score (nSPS) is 12.2. The Kier molecular flexibility index (Phi) is 6.11. The van der Waals surface area contributed by atoms with Gasteiger partial charge in [0.25, 0.3) is 17.5 Å². The molecule has 3 aromatic rings. The number of rotatable bonds is 6. The van der Waals surface area contributed by atoms with Crippen LogP contribution in [0.25, 0.3) is 0 Å². The number of benzene rings is 2. The summed E-state index contributed by atoms with van der Waals surface area (Å²) in [5.41, 5.74) is 1.52. The van der Waals surface area contributed by atoms with Crippen LogP contribution in [0.15, 0.2) is 42.5 Å². The molecular weight excluding hydrogens is 454 g/mol. The van der Waals surface area contributed by atoms with Crippen LogP contribution in [0, 0.1) is 10.1 Å². The van der Waals surface area contributed by atoms with Gasteiger partial charge in [0.15, 0.2) is 0 Å². The summed E-state index contributed by atoms with van der Waals surface area (Å²) in [5.74, 6) is -0.471. The Hall–Kier alpha value is -3.43. The number of amides is 2. The van der Waals surface area contributed by atoms with Gasteiger partial charge in [-0.05, 0) is 43.0 Å². The number of hydrogen-bond acceptors (Lipinski definition) is 6. The highest BCUT2D eigenvalue weighted by Crippen LogP contribution is 2.40. The number of carbonyl (C=O) groups excluding carboxylic acids is 2. The number of halogens is 1. The molecule has 1 aliphatic carbocycles. The molecule has 32 heavy (non-hydrogen) atoms. The second-order valence-electron chi connectivity index (χ2n) is 7.09. The van der Waals surface area contributed by atoms with Crippen LogP contribution in [0.1, 0.15) is 37.6 Å². The minimum atomic E-state index is -0.620. The van der Waals surface area contributed by atoms with E-state index in [1.54, 1.807) is 24.3 Å². The van der Waals surface area contributed by atoms with Crippen LogP contribution in [0.2, 0.25) is 5.02 Å². The quantitative estimate of drug-likeness (QED) is 0.373. The molecule has 164 valence electrons. The Morgan fingerprint density at radius 3 is 2.66 bits per heavy atom. The molecule has 0 radical (unpaired) electrons. The van der Waals surface area contributed by atoms with E-state index in [0.29, 0.717) is 22.0 Å². The number of non-ortho nitro benzene ring substituents is 1. The summed E-state index contributed by atoms with van der Waals surface area (Å²) in [4.78, 5) is 37.7. The summed E-state index contributed by atoms with van der Waals surface area (Å²) in [7, 11) is 1.52. The first-order valence-corrected chi connectivity index (χ1v) is 10.9. The lowest BCUT2D eigenvalue weighted by Gasteiger charge is -2.12. The molecule has 0 fully saturated rings. The van der Waals surface area contributed by atoms with E-state index < -0.39 is 10.8 Å². The van der Waals surface area contributed by atoms with Crippen molar-refractivity contribution in [1.82, 2.24) is 0 Å². The molecule has 8 nitrogen and oxygen atoms in total. The van der Waals surface area contributed by atoms with Crippen LogP contribution in [-0.2, 0) is 12.8 Å². The molecule has 0 atom stereocenters. The summed E-state index contributed by atoms with van der Waals surface area (Å²) in [6.45, 7) is 0. The fraction of sp³-hybridized carbons (Fsp3) is 0.182. The molecule has 0 bridgehead atoms. The van der Waals surface area contributed by atoms with E-state index in [4.69, 9.17) is 16.3 Å². The number of thiophene rings is 1. The molecule has 1 heterocycles. The number of methoxy groups -OCH3 is 1. The number of carbonyl (C=O) groups is 2. The Balaban J connectivity index is 1.66. The molecule has 0 aliphatic heterocycles. The van der Waals surface area contributed by atoms with E-state index in [1.165, 1.54) is 30.6 Å². The largest absolute Gasteiger partial charge is 0.495 e. The molecule has 0 unspecified atom stereocenters. The highest BCUT2D eigenvalue weighted by Gasteiger charge is 2.28. The highest BCUT2D eigenvalue weighted by atomic mass is 35.5. The van der Waals surface area contributed by atoms with Crippen LogP contribution < -0.4 is 15.4 Å². The number of anilines is 2. The number of ether oxygens (including phenoxy) is 1. The van der Waals surface area contributed by atoms with E-state index >= 15 is 0 Å². The molecule has 1 aliphatic rings. The smallest absolute Gasteiger partial charge is 0.270 e. The standard InChI is InChI=1S/C22H18ClN3O5S/c1-31-17-7-3-2-6-16(17)24-21(28)19-13-5-4-8-18(13)32-22(19)25-20(27)14-11-12(26(29)30)9-10-15(14)23/h2-3,6-7,9-11H,4-5,8H2,1H3,(H,24,28)(H,25,27). The van der Waals surface area contributed by atoms with Gasteiger partial charge in [-0.3, -0.25) is 19.7 Å². The topological polar surface area (TPSA) is 111 Å². The molecule has 0 spiro atoms. The maximum Gasteiger partial charge on any atom is 0.270 e. The van der Waals surface area contributed by atoms with Gasteiger partial charge in [0.1, 0.15) is 10.8 Å². The van der Waals surface area contributed by atoms with Gasteiger partial charge in [-0.2, -0.15) is 0 Å². The van der Waals surface area contributed by atoms with Crippen LogP contribution in [0.3, 0.4) is 0 Å². The van der Waals surface area contributed by atoms with Gasteiger partial charge in [0.2, 0.25) is 0 Å². The minimum Gasteiger partial charge on any atom is -0.495 e. The molecule has 2 amide bonds. The number of fused-ring (bicyclic) bond motifs is 1. The van der Waals surface area contributed by atoms with Gasteiger partial charge in [0, 0.05) is 17.0 Å². The fourth-order valence-electron chi connectivity index (χ4n) is 3.64. The third kappa shape index (κ3) is 4.17. The van der Waals surface area contributed by atoms with Crippen molar-refractivity contribution >= 4 is 51.1 Å². The summed E-state index contributed by atoms with van der Waals surface area (Å²) < 4.78 is 5.30. The lowest BCUT2D eigenvalue weighted by molar-refractivity contribution is -0.384. The first-order valence-electron chi connectivity index (χ1n) is 9.73. The molecule has 0 saturated carbocycles.